The molecule has 1 aromatic carbocycles. The van der Waals surface area contributed by atoms with E-state index in [2.05, 4.69) is 5.32 Å². The Hall–Kier alpha value is -1.66. The van der Waals surface area contributed by atoms with Crippen LogP contribution in [-0.4, -0.2) is 32.8 Å². The van der Waals surface area contributed by atoms with Gasteiger partial charge in [-0.15, -0.1) is 0 Å². The highest BCUT2D eigenvalue weighted by atomic mass is 19.1. The van der Waals surface area contributed by atoms with Crippen molar-refractivity contribution in [3.8, 4) is 0 Å². The van der Waals surface area contributed by atoms with Gasteiger partial charge in [0.15, 0.2) is 0 Å². The zero-order valence-electron chi connectivity index (χ0n) is 9.53. The number of methoxy groups -OCH3 is 1. The van der Waals surface area contributed by atoms with Crippen LogP contribution in [0, 0.1) is 5.82 Å². The average molecular weight is 242 g/mol. The summed E-state index contributed by atoms with van der Waals surface area (Å²) in [5.41, 5.74) is 5.77. The van der Waals surface area contributed by atoms with Crippen LogP contribution in [0.1, 0.15) is 0 Å². The van der Waals surface area contributed by atoms with Gasteiger partial charge < -0.3 is 20.5 Å². The van der Waals surface area contributed by atoms with Crippen molar-refractivity contribution in [1.29, 1.82) is 0 Å². The maximum atomic E-state index is 13.3. The number of rotatable bonds is 6. The Labute approximate surface area is 98.7 Å². The van der Waals surface area contributed by atoms with E-state index in [1.165, 1.54) is 19.2 Å². The van der Waals surface area contributed by atoms with Crippen LogP contribution >= 0.6 is 0 Å². The first-order valence-corrected chi connectivity index (χ1v) is 5.05. The van der Waals surface area contributed by atoms with Gasteiger partial charge in [-0.3, -0.25) is 4.79 Å². The molecule has 5 nitrogen and oxygen atoms in total. The number of nitrogens with one attached hydrogen (secondary N) is 1. The molecule has 0 aliphatic rings. The van der Waals surface area contributed by atoms with E-state index in [9.17, 15) is 9.18 Å². The third kappa shape index (κ3) is 4.80. The van der Waals surface area contributed by atoms with Crippen molar-refractivity contribution in [2.75, 3.05) is 38.0 Å². The minimum absolute atomic E-state index is 0.0829. The highest BCUT2D eigenvalue weighted by molar-refractivity contribution is 5.91. The summed E-state index contributed by atoms with van der Waals surface area (Å²) >= 11 is 0. The zero-order valence-corrected chi connectivity index (χ0v) is 9.53. The van der Waals surface area contributed by atoms with E-state index in [1.807, 2.05) is 0 Å². The van der Waals surface area contributed by atoms with E-state index >= 15 is 0 Å². The molecule has 0 spiro atoms. The van der Waals surface area contributed by atoms with Gasteiger partial charge in [0.05, 0.1) is 18.9 Å². The van der Waals surface area contributed by atoms with Gasteiger partial charge in [-0.25, -0.2) is 4.39 Å². The Morgan fingerprint density at radius 2 is 2.24 bits per heavy atom. The molecular formula is C11H15FN2O3. The quantitative estimate of drug-likeness (QED) is 0.576. The van der Waals surface area contributed by atoms with E-state index in [1.54, 1.807) is 0 Å². The number of ether oxygens (including phenoxy) is 2. The van der Waals surface area contributed by atoms with Gasteiger partial charge >= 0.3 is 0 Å². The van der Waals surface area contributed by atoms with Crippen LogP contribution in [0.25, 0.3) is 0 Å². The van der Waals surface area contributed by atoms with Crippen molar-refractivity contribution in [3.05, 3.63) is 24.0 Å². The fraction of sp³-hybridized carbons (Fsp3) is 0.364. The zero-order chi connectivity index (χ0) is 12.7. The molecule has 0 saturated heterocycles. The highest BCUT2D eigenvalue weighted by Gasteiger charge is 2.07. The number of benzene rings is 1. The fourth-order valence-electron chi connectivity index (χ4n) is 1.13. The first-order chi connectivity index (χ1) is 8.13. The number of amides is 1. The van der Waals surface area contributed by atoms with Gasteiger partial charge in [0, 0.05) is 12.8 Å². The molecule has 0 atom stereocenters. The number of nitrogen functional groups attached to an aromatic ring is 1. The van der Waals surface area contributed by atoms with Crippen molar-refractivity contribution in [3.63, 3.8) is 0 Å². The molecule has 0 radical (unpaired) electrons. The van der Waals surface area contributed by atoms with Crippen molar-refractivity contribution in [2.24, 2.45) is 0 Å². The molecule has 1 rings (SSSR count). The molecule has 0 heterocycles. The van der Waals surface area contributed by atoms with Crippen molar-refractivity contribution in [1.82, 2.24) is 0 Å². The van der Waals surface area contributed by atoms with Crippen LogP contribution in [0.4, 0.5) is 15.8 Å². The summed E-state index contributed by atoms with van der Waals surface area (Å²) in [5, 5.41) is 2.38. The van der Waals surface area contributed by atoms with E-state index in [-0.39, 0.29) is 12.3 Å². The molecule has 0 aromatic heterocycles. The van der Waals surface area contributed by atoms with Gasteiger partial charge in [0.1, 0.15) is 12.4 Å². The predicted molar refractivity (Wildman–Crippen MR) is 62.1 cm³/mol. The van der Waals surface area contributed by atoms with Gasteiger partial charge in [-0.1, -0.05) is 0 Å². The Morgan fingerprint density at radius 3 is 2.88 bits per heavy atom. The summed E-state index contributed by atoms with van der Waals surface area (Å²) in [7, 11) is 1.53. The van der Waals surface area contributed by atoms with Crippen LogP contribution in [0.3, 0.4) is 0 Å². The fourth-order valence-corrected chi connectivity index (χ4v) is 1.13. The lowest BCUT2D eigenvalue weighted by atomic mass is 10.2. The summed E-state index contributed by atoms with van der Waals surface area (Å²) in [6.45, 7) is 0.574. The normalized spacial score (nSPS) is 10.2. The Kier molecular flexibility index (Phi) is 5.38. The number of hydrogen-bond donors (Lipinski definition) is 2. The summed E-state index contributed by atoms with van der Waals surface area (Å²) in [5.74, 6) is -1.000. The monoisotopic (exact) mass is 242 g/mol. The topological polar surface area (TPSA) is 73.6 Å². The maximum Gasteiger partial charge on any atom is 0.250 e. The number of hydrogen-bond acceptors (Lipinski definition) is 4. The van der Waals surface area contributed by atoms with E-state index in [0.717, 1.165) is 6.07 Å². The third-order valence-electron chi connectivity index (χ3n) is 1.93. The smallest absolute Gasteiger partial charge is 0.250 e. The molecule has 3 N–H and O–H groups in total. The standard InChI is InChI=1S/C11H15FN2O3/c1-16-4-5-17-7-11(15)14-10-3-2-8(13)6-9(10)12/h2-3,6H,4-5,7,13H2,1H3,(H,14,15). The molecule has 17 heavy (non-hydrogen) atoms. The van der Waals surface area contributed by atoms with Crippen LogP contribution in [0.15, 0.2) is 18.2 Å². The number of halogens is 1. The van der Waals surface area contributed by atoms with Crippen molar-refractivity contribution >= 4 is 17.3 Å². The molecule has 0 unspecified atom stereocenters. The Morgan fingerprint density at radius 1 is 1.47 bits per heavy atom. The summed E-state index contributed by atoms with van der Waals surface area (Å²) in [4.78, 5) is 11.3. The van der Waals surface area contributed by atoms with E-state index < -0.39 is 11.7 Å². The van der Waals surface area contributed by atoms with Crippen LogP contribution in [0.5, 0.6) is 0 Å². The molecule has 0 aliphatic heterocycles. The minimum Gasteiger partial charge on any atom is -0.399 e. The largest absolute Gasteiger partial charge is 0.399 e. The Bertz CT molecular complexity index is 385. The average Bonchev–Trinajstić information content (AvgIpc) is 2.28. The first-order valence-electron chi connectivity index (χ1n) is 5.05. The molecule has 6 heteroatoms. The Balaban J connectivity index is 2.40. The number of carbonyl (C=O) groups is 1. The molecule has 1 aromatic rings. The lowest BCUT2D eigenvalue weighted by molar-refractivity contribution is -0.121. The molecule has 0 saturated carbocycles. The van der Waals surface area contributed by atoms with E-state index in [4.69, 9.17) is 15.2 Å². The summed E-state index contributed by atoms with van der Waals surface area (Å²) < 4.78 is 23.0. The van der Waals surface area contributed by atoms with E-state index in [0.29, 0.717) is 18.9 Å². The minimum atomic E-state index is -0.574. The molecule has 0 fully saturated rings. The second kappa shape index (κ2) is 6.82. The number of carbonyl (C=O) groups excluding carboxylic acids is 1. The molecule has 1 amide bonds. The highest BCUT2D eigenvalue weighted by Crippen LogP contribution is 2.16. The third-order valence-corrected chi connectivity index (χ3v) is 1.93. The SMILES string of the molecule is COCCOCC(=O)Nc1ccc(N)cc1F. The first kappa shape index (κ1) is 13.4. The van der Waals surface area contributed by atoms with Gasteiger partial charge in [0.2, 0.25) is 5.91 Å². The molecule has 0 aliphatic carbocycles. The van der Waals surface area contributed by atoms with Crippen LogP contribution < -0.4 is 11.1 Å². The van der Waals surface area contributed by atoms with Crippen LogP contribution in [-0.2, 0) is 14.3 Å². The van der Waals surface area contributed by atoms with Gasteiger partial charge in [0.25, 0.3) is 0 Å². The van der Waals surface area contributed by atoms with Crippen molar-refractivity contribution in [2.45, 2.75) is 0 Å². The summed E-state index contributed by atoms with van der Waals surface area (Å²) in [6.07, 6.45) is 0. The second-order valence-corrected chi connectivity index (χ2v) is 3.33. The second-order valence-electron chi connectivity index (χ2n) is 3.33. The van der Waals surface area contributed by atoms with Gasteiger partial charge in [-0.05, 0) is 18.2 Å². The lowest BCUT2D eigenvalue weighted by Gasteiger charge is -2.07. The predicted octanol–water partition coefficient (Wildman–Crippen LogP) is 1.01. The summed E-state index contributed by atoms with van der Waals surface area (Å²) in [6, 6.07) is 4.05. The van der Waals surface area contributed by atoms with Crippen molar-refractivity contribution < 1.29 is 18.7 Å². The maximum absolute atomic E-state index is 13.3. The van der Waals surface area contributed by atoms with Crippen LogP contribution in [0.2, 0.25) is 0 Å². The molecule has 0 bridgehead atoms. The lowest BCUT2D eigenvalue weighted by Crippen LogP contribution is -2.20. The molecular weight excluding hydrogens is 227 g/mol. The molecule has 94 valence electrons. The number of anilines is 2. The van der Waals surface area contributed by atoms with Gasteiger partial charge in [-0.2, -0.15) is 0 Å². The number of nitrogens with two attached hydrogens (primary N) is 1.